The van der Waals surface area contributed by atoms with Crippen LogP contribution in [0.2, 0.25) is 0 Å². The standard InChI is InChI=1S/C50H94O6/c1-4-7-10-13-15-17-19-21-22-23-24-25-26-27-29-30-32-34-37-40-43-49(52)55-46-47(45-54-48(51)42-39-36-12-9-6-3)56-50(53)44-41-38-35-33-31-28-20-18-16-14-11-8-5-2/h18,20,47H,4-17,19,21-46H2,1-3H3/b20-18-. The van der Waals surface area contributed by atoms with Crippen LogP contribution < -0.4 is 0 Å². The molecule has 0 bridgehead atoms. The van der Waals surface area contributed by atoms with Crippen molar-refractivity contribution in [1.82, 2.24) is 0 Å². The fraction of sp³-hybridized carbons (Fsp3) is 0.900. The predicted molar refractivity (Wildman–Crippen MR) is 238 cm³/mol. The van der Waals surface area contributed by atoms with Crippen molar-refractivity contribution in [1.29, 1.82) is 0 Å². The lowest BCUT2D eigenvalue weighted by atomic mass is 10.0. The highest BCUT2D eigenvalue weighted by Crippen LogP contribution is 2.16. The number of allylic oxidation sites excluding steroid dienone is 2. The Labute approximate surface area is 348 Å². The van der Waals surface area contributed by atoms with Gasteiger partial charge in [0.1, 0.15) is 13.2 Å². The van der Waals surface area contributed by atoms with Crippen LogP contribution in [0.25, 0.3) is 0 Å². The molecule has 56 heavy (non-hydrogen) atoms. The van der Waals surface area contributed by atoms with Crippen LogP contribution in [0.3, 0.4) is 0 Å². The number of hydrogen-bond donors (Lipinski definition) is 0. The number of ether oxygens (including phenoxy) is 3. The average molecular weight is 791 g/mol. The highest BCUT2D eigenvalue weighted by Gasteiger charge is 2.19. The van der Waals surface area contributed by atoms with Gasteiger partial charge in [-0.1, -0.05) is 219 Å². The van der Waals surface area contributed by atoms with Crippen molar-refractivity contribution >= 4 is 17.9 Å². The Balaban J connectivity index is 4.10. The van der Waals surface area contributed by atoms with Crippen molar-refractivity contribution in [2.45, 2.75) is 277 Å². The van der Waals surface area contributed by atoms with Crippen molar-refractivity contribution in [3.63, 3.8) is 0 Å². The zero-order valence-electron chi connectivity index (χ0n) is 37.7. The van der Waals surface area contributed by atoms with E-state index < -0.39 is 6.10 Å². The minimum atomic E-state index is -0.765. The summed E-state index contributed by atoms with van der Waals surface area (Å²) >= 11 is 0. The van der Waals surface area contributed by atoms with Gasteiger partial charge >= 0.3 is 17.9 Å². The molecule has 1 unspecified atom stereocenters. The molecular formula is C50H94O6. The first-order chi connectivity index (χ1) is 27.5. The highest BCUT2D eigenvalue weighted by atomic mass is 16.6. The van der Waals surface area contributed by atoms with Crippen LogP contribution in [0.1, 0.15) is 271 Å². The first kappa shape index (κ1) is 54.2. The molecule has 0 aliphatic rings. The molecule has 0 aromatic carbocycles. The fourth-order valence-electron chi connectivity index (χ4n) is 7.26. The molecule has 0 amide bonds. The van der Waals surface area contributed by atoms with E-state index in [-0.39, 0.29) is 31.1 Å². The summed E-state index contributed by atoms with van der Waals surface area (Å²) in [5.74, 6) is -0.881. The molecule has 0 spiro atoms. The normalized spacial score (nSPS) is 12.0. The Morgan fingerprint density at radius 2 is 0.589 bits per heavy atom. The largest absolute Gasteiger partial charge is 0.462 e. The number of carbonyl (C=O) groups is 3. The van der Waals surface area contributed by atoms with Crippen LogP contribution in [0.4, 0.5) is 0 Å². The van der Waals surface area contributed by atoms with Gasteiger partial charge in [0.2, 0.25) is 0 Å². The summed E-state index contributed by atoms with van der Waals surface area (Å²) in [6.07, 6.45) is 49.5. The maximum Gasteiger partial charge on any atom is 0.306 e. The van der Waals surface area contributed by atoms with Gasteiger partial charge in [0.05, 0.1) is 0 Å². The van der Waals surface area contributed by atoms with Gasteiger partial charge in [0.15, 0.2) is 6.10 Å². The van der Waals surface area contributed by atoms with Crippen LogP contribution in [0, 0.1) is 0 Å². The third kappa shape index (κ3) is 43.3. The molecule has 0 aromatic rings. The molecule has 0 aromatic heterocycles. The van der Waals surface area contributed by atoms with Gasteiger partial charge < -0.3 is 14.2 Å². The molecule has 6 heteroatoms. The van der Waals surface area contributed by atoms with Gasteiger partial charge in [-0.25, -0.2) is 0 Å². The van der Waals surface area contributed by atoms with E-state index in [0.717, 1.165) is 70.6 Å². The van der Waals surface area contributed by atoms with Crippen LogP contribution in [-0.4, -0.2) is 37.2 Å². The summed E-state index contributed by atoms with van der Waals surface area (Å²) in [5.41, 5.74) is 0. The summed E-state index contributed by atoms with van der Waals surface area (Å²) in [6.45, 7) is 6.56. The van der Waals surface area contributed by atoms with Crippen LogP contribution in [0.15, 0.2) is 12.2 Å². The number of carbonyl (C=O) groups excluding carboxylic acids is 3. The topological polar surface area (TPSA) is 78.9 Å². The molecule has 0 rings (SSSR count). The molecule has 1 atom stereocenters. The van der Waals surface area contributed by atoms with Crippen LogP contribution in [0.5, 0.6) is 0 Å². The summed E-state index contributed by atoms with van der Waals surface area (Å²) in [5, 5.41) is 0. The number of unbranched alkanes of at least 4 members (excludes halogenated alkanes) is 32. The van der Waals surface area contributed by atoms with E-state index in [9.17, 15) is 14.4 Å². The van der Waals surface area contributed by atoms with E-state index in [2.05, 4.69) is 32.9 Å². The lowest BCUT2D eigenvalue weighted by molar-refractivity contribution is -0.167. The smallest absolute Gasteiger partial charge is 0.306 e. The zero-order valence-corrected chi connectivity index (χ0v) is 37.7. The average Bonchev–Trinajstić information content (AvgIpc) is 3.19. The Hall–Kier alpha value is -1.85. The van der Waals surface area contributed by atoms with E-state index in [4.69, 9.17) is 14.2 Å². The second kappa shape index (κ2) is 45.8. The Kier molecular flexibility index (Phi) is 44.3. The van der Waals surface area contributed by atoms with Crippen LogP contribution >= 0.6 is 0 Å². The molecule has 6 nitrogen and oxygen atoms in total. The van der Waals surface area contributed by atoms with Gasteiger partial charge in [0, 0.05) is 19.3 Å². The second-order valence-electron chi connectivity index (χ2n) is 16.7. The second-order valence-corrected chi connectivity index (χ2v) is 16.7. The summed E-state index contributed by atoms with van der Waals surface area (Å²) in [6, 6.07) is 0. The minimum absolute atomic E-state index is 0.0698. The van der Waals surface area contributed by atoms with Crippen molar-refractivity contribution in [2.24, 2.45) is 0 Å². The molecule has 0 fully saturated rings. The summed E-state index contributed by atoms with van der Waals surface area (Å²) < 4.78 is 16.6. The van der Waals surface area contributed by atoms with E-state index in [0.29, 0.717) is 19.3 Å². The van der Waals surface area contributed by atoms with E-state index in [1.807, 2.05) is 0 Å². The molecule has 0 aliphatic carbocycles. The molecule has 0 aliphatic heterocycles. The Bertz CT molecular complexity index is 870. The van der Waals surface area contributed by atoms with Gasteiger partial charge in [-0.15, -0.1) is 0 Å². The lowest BCUT2D eigenvalue weighted by Gasteiger charge is -2.18. The summed E-state index contributed by atoms with van der Waals surface area (Å²) in [7, 11) is 0. The molecular weight excluding hydrogens is 697 g/mol. The third-order valence-electron chi connectivity index (χ3n) is 11.0. The first-order valence-electron chi connectivity index (χ1n) is 24.7. The molecule has 0 N–H and O–H groups in total. The highest BCUT2D eigenvalue weighted by molar-refractivity contribution is 5.71. The minimum Gasteiger partial charge on any atom is -0.462 e. The quantitative estimate of drug-likeness (QED) is 0.0264. The number of esters is 3. The predicted octanol–water partition coefficient (Wildman–Crippen LogP) is 15.8. The van der Waals surface area contributed by atoms with Crippen LogP contribution in [-0.2, 0) is 28.6 Å². The third-order valence-corrected chi connectivity index (χ3v) is 11.0. The SMILES string of the molecule is CCCCCC/C=C\CCCCCCCC(=O)OC(COC(=O)CCCCCCC)COC(=O)CCCCCCCCCCCCCCCCCCCCCC. The maximum atomic E-state index is 12.7. The lowest BCUT2D eigenvalue weighted by Crippen LogP contribution is -2.30. The molecule has 0 radical (unpaired) electrons. The molecule has 0 saturated carbocycles. The van der Waals surface area contributed by atoms with Crippen molar-refractivity contribution in [3.8, 4) is 0 Å². The summed E-state index contributed by atoms with van der Waals surface area (Å²) in [4.78, 5) is 37.5. The van der Waals surface area contributed by atoms with Gasteiger partial charge in [-0.3, -0.25) is 14.4 Å². The van der Waals surface area contributed by atoms with Gasteiger partial charge in [-0.05, 0) is 44.9 Å². The number of hydrogen-bond acceptors (Lipinski definition) is 6. The van der Waals surface area contributed by atoms with Crippen molar-refractivity contribution in [2.75, 3.05) is 13.2 Å². The van der Waals surface area contributed by atoms with Gasteiger partial charge in [0.25, 0.3) is 0 Å². The van der Waals surface area contributed by atoms with Crippen molar-refractivity contribution in [3.05, 3.63) is 12.2 Å². The molecule has 330 valence electrons. The monoisotopic (exact) mass is 791 g/mol. The fourth-order valence-corrected chi connectivity index (χ4v) is 7.26. The van der Waals surface area contributed by atoms with E-state index in [1.165, 1.54) is 161 Å². The molecule has 0 saturated heterocycles. The zero-order chi connectivity index (χ0) is 40.8. The number of rotatable bonds is 45. The Morgan fingerprint density at radius 3 is 0.911 bits per heavy atom. The first-order valence-corrected chi connectivity index (χ1v) is 24.7. The van der Waals surface area contributed by atoms with E-state index in [1.54, 1.807) is 0 Å². The van der Waals surface area contributed by atoms with E-state index >= 15 is 0 Å². The maximum absolute atomic E-state index is 12.7. The molecule has 0 heterocycles. The Morgan fingerprint density at radius 1 is 0.339 bits per heavy atom. The van der Waals surface area contributed by atoms with Crippen molar-refractivity contribution < 1.29 is 28.6 Å². The van der Waals surface area contributed by atoms with Gasteiger partial charge in [-0.2, -0.15) is 0 Å².